The second-order valence-electron chi connectivity index (χ2n) is 6.19. The molecule has 0 radical (unpaired) electrons. The highest BCUT2D eigenvalue weighted by molar-refractivity contribution is 14.1. The van der Waals surface area contributed by atoms with Gasteiger partial charge < -0.3 is 9.47 Å². The topological polar surface area (TPSA) is 21.7 Å². The fraction of sp³-hybridized carbons (Fsp3) is 0.625. The molecule has 3 aliphatic rings. The van der Waals surface area contributed by atoms with Crippen molar-refractivity contribution in [1.29, 1.82) is 0 Å². The second-order valence-corrected chi connectivity index (χ2v) is 7.43. The van der Waals surface area contributed by atoms with Gasteiger partial charge >= 0.3 is 0 Å². The van der Waals surface area contributed by atoms with Crippen LogP contribution in [-0.4, -0.2) is 42.3 Å². The summed E-state index contributed by atoms with van der Waals surface area (Å²) in [6.45, 7) is 1.88. The van der Waals surface area contributed by atoms with Crippen molar-refractivity contribution in [2.75, 3.05) is 13.2 Å². The molecule has 0 aliphatic carbocycles. The highest BCUT2D eigenvalue weighted by Crippen LogP contribution is 2.39. The number of hydrogen-bond donors (Lipinski definition) is 0. The van der Waals surface area contributed by atoms with Crippen LogP contribution in [0.5, 0.6) is 5.75 Å². The molecule has 4 heteroatoms. The minimum Gasteiger partial charge on any atom is -0.490 e. The SMILES string of the molecule is Ic1ccc(O[C@H]2C[C@H]3CC[C@@H](C2)N3C2COC2)cc1. The first-order valence-electron chi connectivity index (χ1n) is 7.57. The van der Waals surface area contributed by atoms with Crippen LogP contribution in [-0.2, 0) is 4.74 Å². The van der Waals surface area contributed by atoms with Gasteiger partial charge in [0.25, 0.3) is 0 Å². The molecule has 0 unspecified atom stereocenters. The highest BCUT2D eigenvalue weighted by Gasteiger charge is 2.46. The van der Waals surface area contributed by atoms with Gasteiger partial charge in [0, 0.05) is 15.7 Å². The van der Waals surface area contributed by atoms with Gasteiger partial charge in [0.15, 0.2) is 0 Å². The van der Waals surface area contributed by atoms with E-state index in [9.17, 15) is 0 Å². The smallest absolute Gasteiger partial charge is 0.119 e. The largest absolute Gasteiger partial charge is 0.490 e. The molecule has 4 rings (SSSR count). The average molecular weight is 385 g/mol. The summed E-state index contributed by atoms with van der Waals surface area (Å²) in [5, 5.41) is 0. The Morgan fingerprint density at radius 3 is 2.20 bits per heavy atom. The molecule has 0 spiro atoms. The Morgan fingerprint density at radius 2 is 1.65 bits per heavy atom. The molecule has 3 aliphatic heterocycles. The van der Waals surface area contributed by atoms with Crippen LogP contribution in [0.25, 0.3) is 0 Å². The van der Waals surface area contributed by atoms with Crippen molar-refractivity contribution in [2.24, 2.45) is 0 Å². The van der Waals surface area contributed by atoms with Crippen LogP contribution in [0.3, 0.4) is 0 Å². The monoisotopic (exact) mass is 385 g/mol. The number of benzene rings is 1. The molecule has 1 aromatic carbocycles. The maximum Gasteiger partial charge on any atom is 0.119 e. The van der Waals surface area contributed by atoms with Gasteiger partial charge in [-0.15, -0.1) is 0 Å². The Labute approximate surface area is 133 Å². The lowest BCUT2D eigenvalue weighted by molar-refractivity contribution is -0.102. The van der Waals surface area contributed by atoms with Crippen molar-refractivity contribution in [2.45, 2.75) is 49.9 Å². The number of halogens is 1. The van der Waals surface area contributed by atoms with Gasteiger partial charge in [0.05, 0.1) is 19.3 Å². The molecule has 0 saturated carbocycles. The van der Waals surface area contributed by atoms with Gasteiger partial charge in [-0.05, 0) is 72.5 Å². The maximum atomic E-state index is 6.21. The molecule has 3 saturated heterocycles. The van der Waals surface area contributed by atoms with Gasteiger partial charge in [-0.3, -0.25) is 4.90 Å². The third-order valence-electron chi connectivity index (χ3n) is 4.90. The molecule has 3 fully saturated rings. The predicted molar refractivity (Wildman–Crippen MR) is 86.1 cm³/mol. The molecule has 20 heavy (non-hydrogen) atoms. The Bertz CT molecular complexity index is 460. The lowest BCUT2D eigenvalue weighted by Gasteiger charge is -2.46. The fourth-order valence-corrected chi connectivity index (χ4v) is 4.32. The van der Waals surface area contributed by atoms with E-state index in [1.807, 2.05) is 0 Å². The molecule has 0 amide bonds. The zero-order valence-electron chi connectivity index (χ0n) is 11.5. The maximum absolute atomic E-state index is 6.21. The van der Waals surface area contributed by atoms with Crippen molar-refractivity contribution < 1.29 is 9.47 Å². The molecular formula is C16H20INO2. The van der Waals surface area contributed by atoms with E-state index in [2.05, 4.69) is 51.8 Å². The molecule has 3 heterocycles. The average Bonchev–Trinajstić information content (AvgIpc) is 2.64. The number of nitrogens with zero attached hydrogens (tertiary/aromatic N) is 1. The molecule has 108 valence electrons. The van der Waals surface area contributed by atoms with Crippen LogP contribution in [0.2, 0.25) is 0 Å². The van der Waals surface area contributed by atoms with Crippen LogP contribution in [0.4, 0.5) is 0 Å². The number of fused-ring (bicyclic) bond motifs is 2. The summed E-state index contributed by atoms with van der Waals surface area (Å²) in [6.07, 6.45) is 5.43. The second kappa shape index (κ2) is 5.46. The summed E-state index contributed by atoms with van der Waals surface area (Å²) < 4.78 is 12.8. The summed E-state index contributed by atoms with van der Waals surface area (Å²) >= 11 is 2.33. The summed E-state index contributed by atoms with van der Waals surface area (Å²) in [4.78, 5) is 2.73. The van der Waals surface area contributed by atoms with Gasteiger partial charge in [0.1, 0.15) is 11.9 Å². The summed E-state index contributed by atoms with van der Waals surface area (Å²) in [6, 6.07) is 10.5. The molecule has 3 nitrogen and oxygen atoms in total. The molecule has 0 aromatic heterocycles. The Kier molecular flexibility index (Phi) is 3.64. The standard InChI is InChI=1S/C16H20INO2/c17-11-1-5-15(6-2-11)20-16-7-12-3-4-13(8-16)18(12)14-9-19-10-14/h1-2,5-6,12-14,16H,3-4,7-10H2/t12-,13+,16+. The number of hydrogen-bond acceptors (Lipinski definition) is 3. The third-order valence-corrected chi connectivity index (χ3v) is 5.62. The molecule has 2 bridgehead atoms. The van der Waals surface area contributed by atoms with Crippen LogP contribution in [0.15, 0.2) is 24.3 Å². The number of rotatable bonds is 3. The Morgan fingerprint density at radius 1 is 1.00 bits per heavy atom. The highest BCUT2D eigenvalue weighted by atomic mass is 127. The van der Waals surface area contributed by atoms with Crippen LogP contribution < -0.4 is 4.74 Å². The molecule has 3 atom stereocenters. The Hall–Kier alpha value is -0.330. The normalized spacial score (nSPS) is 34.0. The van der Waals surface area contributed by atoms with E-state index in [0.717, 1.165) is 31.0 Å². The van der Waals surface area contributed by atoms with E-state index in [4.69, 9.17) is 9.47 Å². The van der Waals surface area contributed by atoms with E-state index < -0.39 is 0 Å². The summed E-state index contributed by atoms with van der Waals surface area (Å²) in [5.74, 6) is 1.02. The first-order chi connectivity index (χ1) is 9.79. The first-order valence-corrected chi connectivity index (χ1v) is 8.65. The van der Waals surface area contributed by atoms with E-state index in [-0.39, 0.29) is 0 Å². The van der Waals surface area contributed by atoms with Crippen LogP contribution in [0, 0.1) is 3.57 Å². The quantitative estimate of drug-likeness (QED) is 0.747. The van der Waals surface area contributed by atoms with E-state index in [0.29, 0.717) is 12.1 Å². The van der Waals surface area contributed by atoms with Gasteiger partial charge in [-0.2, -0.15) is 0 Å². The first kappa shape index (κ1) is 13.3. The lowest BCUT2D eigenvalue weighted by atomic mass is 9.96. The van der Waals surface area contributed by atoms with E-state index in [1.54, 1.807) is 0 Å². The number of ether oxygens (including phenoxy) is 2. The zero-order chi connectivity index (χ0) is 13.5. The zero-order valence-corrected chi connectivity index (χ0v) is 13.7. The van der Waals surface area contributed by atoms with Crippen molar-refractivity contribution in [3.63, 3.8) is 0 Å². The van der Waals surface area contributed by atoms with Crippen molar-refractivity contribution in [1.82, 2.24) is 4.90 Å². The van der Waals surface area contributed by atoms with Gasteiger partial charge in [-0.1, -0.05) is 0 Å². The summed E-state index contributed by atoms with van der Waals surface area (Å²) in [5.41, 5.74) is 0. The number of piperidine rings is 1. The van der Waals surface area contributed by atoms with Crippen LogP contribution >= 0.6 is 22.6 Å². The van der Waals surface area contributed by atoms with E-state index >= 15 is 0 Å². The van der Waals surface area contributed by atoms with Crippen molar-refractivity contribution in [3.8, 4) is 5.75 Å². The van der Waals surface area contributed by atoms with Crippen molar-refractivity contribution in [3.05, 3.63) is 27.8 Å². The van der Waals surface area contributed by atoms with E-state index in [1.165, 1.54) is 29.3 Å². The molecule has 1 aromatic rings. The minimum atomic E-state index is 0.393. The van der Waals surface area contributed by atoms with Gasteiger partial charge in [0.2, 0.25) is 0 Å². The fourth-order valence-electron chi connectivity index (χ4n) is 3.96. The predicted octanol–water partition coefficient (Wildman–Crippen LogP) is 3.06. The summed E-state index contributed by atoms with van der Waals surface area (Å²) in [7, 11) is 0. The third kappa shape index (κ3) is 2.46. The molecule has 0 N–H and O–H groups in total. The Balaban J connectivity index is 1.41. The van der Waals surface area contributed by atoms with Crippen LogP contribution in [0.1, 0.15) is 25.7 Å². The van der Waals surface area contributed by atoms with Crippen molar-refractivity contribution >= 4 is 22.6 Å². The minimum absolute atomic E-state index is 0.393. The molecular weight excluding hydrogens is 365 g/mol. The van der Waals surface area contributed by atoms with Gasteiger partial charge in [-0.25, -0.2) is 0 Å². The lowest BCUT2D eigenvalue weighted by Crippen LogP contribution is -2.57.